The average molecular weight is 267 g/mol. The van der Waals surface area contributed by atoms with Gasteiger partial charge in [0, 0.05) is 22.9 Å². The Bertz CT molecular complexity index is 654. The Kier molecular flexibility index (Phi) is 2.87. The van der Waals surface area contributed by atoms with Crippen LogP contribution in [0.4, 0.5) is 0 Å². The molecule has 0 atom stereocenters. The molecule has 2 N–H and O–H groups in total. The van der Waals surface area contributed by atoms with Crippen molar-refractivity contribution < 1.29 is 4.92 Å². The second-order valence-electron chi connectivity index (χ2n) is 4.50. The molecule has 1 aromatic carbocycles. The van der Waals surface area contributed by atoms with Gasteiger partial charge in [0.15, 0.2) is 0 Å². The first-order valence-electron chi connectivity index (χ1n) is 6.24. The van der Waals surface area contributed by atoms with Gasteiger partial charge >= 0.3 is 5.54 Å². The van der Waals surface area contributed by atoms with Crippen molar-refractivity contribution in [2.24, 2.45) is 0 Å². The molecule has 5 heteroatoms. The molecule has 2 aromatic heterocycles. The number of nitro groups is 1. The second-order valence-corrected chi connectivity index (χ2v) is 4.50. The number of hydrogen-bond donors (Lipinski definition) is 2. The highest BCUT2D eigenvalue weighted by Crippen LogP contribution is 2.37. The van der Waals surface area contributed by atoms with Crippen molar-refractivity contribution in [1.82, 2.24) is 9.97 Å². The van der Waals surface area contributed by atoms with E-state index >= 15 is 0 Å². The minimum atomic E-state index is -1.45. The predicted molar refractivity (Wildman–Crippen MR) is 74.9 cm³/mol. The number of benzene rings is 1. The van der Waals surface area contributed by atoms with Crippen LogP contribution in [0.3, 0.4) is 0 Å². The van der Waals surface area contributed by atoms with Gasteiger partial charge in [0.1, 0.15) is 11.4 Å². The molecule has 0 bridgehead atoms. The number of nitrogens with one attached hydrogen (secondary N) is 2. The molecule has 2 heterocycles. The van der Waals surface area contributed by atoms with Crippen LogP contribution in [0.15, 0.2) is 67.0 Å². The molecule has 0 fully saturated rings. The highest BCUT2D eigenvalue weighted by atomic mass is 16.6. The molecule has 0 aliphatic rings. The minimum Gasteiger partial charge on any atom is -0.359 e. The fraction of sp³-hybridized carbons (Fsp3) is 0.0667. The lowest BCUT2D eigenvalue weighted by Gasteiger charge is -2.24. The summed E-state index contributed by atoms with van der Waals surface area (Å²) >= 11 is 0. The van der Waals surface area contributed by atoms with E-state index in [-0.39, 0.29) is 4.92 Å². The molecular formula is C15H13N3O2. The molecule has 0 unspecified atom stereocenters. The van der Waals surface area contributed by atoms with Crippen molar-refractivity contribution in [1.29, 1.82) is 0 Å². The second kappa shape index (κ2) is 4.70. The smallest absolute Gasteiger partial charge is 0.325 e. The maximum Gasteiger partial charge on any atom is 0.325 e. The summed E-state index contributed by atoms with van der Waals surface area (Å²) in [5.41, 5.74) is 0.205. The third-order valence-corrected chi connectivity index (χ3v) is 3.44. The SMILES string of the molecule is O=[N+]([O-])C(c1ccccc1)(c1ccc[nH]1)c1ccc[nH]1. The van der Waals surface area contributed by atoms with Crippen LogP contribution in [-0.2, 0) is 5.54 Å². The first kappa shape index (κ1) is 12.2. The fourth-order valence-corrected chi connectivity index (χ4v) is 2.55. The molecule has 3 rings (SSSR count). The van der Waals surface area contributed by atoms with Crippen LogP contribution >= 0.6 is 0 Å². The van der Waals surface area contributed by atoms with Gasteiger partial charge in [-0.25, -0.2) is 0 Å². The quantitative estimate of drug-likeness (QED) is 0.563. The lowest BCUT2D eigenvalue weighted by Crippen LogP contribution is -2.38. The van der Waals surface area contributed by atoms with Crippen LogP contribution in [0, 0.1) is 10.1 Å². The van der Waals surface area contributed by atoms with E-state index in [2.05, 4.69) is 9.97 Å². The van der Waals surface area contributed by atoms with Gasteiger partial charge in [-0.3, -0.25) is 10.1 Å². The molecule has 0 amide bonds. The standard InChI is InChI=1S/C15H13N3O2/c19-18(20)15(13-8-4-10-16-13,14-9-5-11-17-14)12-6-2-1-3-7-12/h1-11,16-17H. The minimum absolute atomic E-state index is 0.264. The van der Waals surface area contributed by atoms with E-state index in [0.717, 1.165) is 0 Å². The van der Waals surface area contributed by atoms with Crippen molar-refractivity contribution in [3.8, 4) is 0 Å². The van der Waals surface area contributed by atoms with Crippen molar-refractivity contribution in [2.75, 3.05) is 0 Å². The van der Waals surface area contributed by atoms with Gasteiger partial charge in [-0.1, -0.05) is 30.3 Å². The van der Waals surface area contributed by atoms with Gasteiger partial charge in [-0.05, 0) is 24.3 Å². The van der Waals surface area contributed by atoms with Crippen LogP contribution in [0.2, 0.25) is 0 Å². The monoisotopic (exact) mass is 267 g/mol. The highest BCUT2D eigenvalue weighted by Gasteiger charge is 2.50. The lowest BCUT2D eigenvalue weighted by atomic mass is 9.84. The Morgan fingerprint density at radius 3 is 1.80 bits per heavy atom. The van der Waals surface area contributed by atoms with E-state index < -0.39 is 5.54 Å². The molecule has 5 nitrogen and oxygen atoms in total. The third-order valence-electron chi connectivity index (χ3n) is 3.44. The zero-order valence-corrected chi connectivity index (χ0v) is 10.6. The fourth-order valence-electron chi connectivity index (χ4n) is 2.55. The summed E-state index contributed by atoms with van der Waals surface area (Å²) in [6, 6.07) is 16.0. The molecule has 0 aliphatic heterocycles. The van der Waals surface area contributed by atoms with Gasteiger partial charge < -0.3 is 9.97 Å². The van der Waals surface area contributed by atoms with Gasteiger partial charge in [0.2, 0.25) is 0 Å². The molecule has 3 aromatic rings. The number of H-pyrrole nitrogens is 2. The molecule has 0 saturated heterocycles. The topological polar surface area (TPSA) is 74.7 Å². The molecular weight excluding hydrogens is 254 g/mol. The predicted octanol–water partition coefficient (Wildman–Crippen LogP) is 2.91. The molecule has 0 saturated carbocycles. The van der Waals surface area contributed by atoms with Crippen molar-refractivity contribution in [3.05, 3.63) is 94.1 Å². The zero-order chi connectivity index (χ0) is 14.0. The summed E-state index contributed by atoms with van der Waals surface area (Å²) in [6.45, 7) is 0. The van der Waals surface area contributed by atoms with Crippen LogP contribution in [0.1, 0.15) is 17.0 Å². The van der Waals surface area contributed by atoms with Crippen molar-refractivity contribution in [3.63, 3.8) is 0 Å². The number of rotatable bonds is 4. The molecule has 0 spiro atoms. The van der Waals surface area contributed by atoms with E-state index in [9.17, 15) is 10.1 Å². The maximum absolute atomic E-state index is 12.0. The third kappa shape index (κ3) is 1.64. The molecule has 0 aliphatic carbocycles. The zero-order valence-electron chi connectivity index (χ0n) is 10.6. The number of nitrogens with zero attached hydrogens (tertiary/aromatic N) is 1. The van der Waals surface area contributed by atoms with Crippen LogP contribution in [-0.4, -0.2) is 14.9 Å². The van der Waals surface area contributed by atoms with E-state index in [1.165, 1.54) is 0 Å². The lowest BCUT2D eigenvalue weighted by molar-refractivity contribution is -0.554. The average Bonchev–Trinajstić information content (AvgIpc) is 3.14. The van der Waals surface area contributed by atoms with E-state index in [1.54, 1.807) is 60.9 Å². The molecule has 0 radical (unpaired) electrons. The normalized spacial score (nSPS) is 11.4. The van der Waals surface area contributed by atoms with Crippen LogP contribution in [0.5, 0.6) is 0 Å². The first-order chi connectivity index (χ1) is 9.76. The van der Waals surface area contributed by atoms with E-state index in [0.29, 0.717) is 17.0 Å². The summed E-state index contributed by atoms with van der Waals surface area (Å²) in [4.78, 5) is 17.7. The van der Waals surface area contributed by atoms with Crippen LogP contribution in [0.25, 0.3) is 0 Å². The molecule has 20 heavy (non-hydrogen) atoms. The Morgan fingerprint density at radius 2 is 1.40 bits per heavy atom. The number of aromatic amines is 2. The Hall–Kier alpha value is -2.82. The van der Waals surface area contributed by atoms with Gasteiger partial charge in [0.25, 0.3) is 0 Å². The Balaban J connectivity index is 2.35. The van der Waals surface area contributed by atoms with Gasteiger partial charge in [-0.2, -0.15) is 0 Å². The summed E-state index contributed by atoms with van der Waals surface area (Å²) in [7, 11) is 0. The Labute approximate surface area is 115 Å². The highest BCUT2D eigenvalue weighted by molar-refractivity contribution is 5.41. The summed E-state index contributed by atoms with van der Waals surface area (Å²) in [5.74, 6) is 0. The summed E-state index contributed by atoms with van der Waals surface area (Å²) < 4.78 is 0. The van der Waals surface area contributed by atoms with Gasteiger partial charge in [-0.15, -0.1) is 0 Å². The van der Waals surface area contributed by atoms with E-state index in [4.69, 9.17) is 0 Å². The maximum atomic E-state index is 12.0. The first-order valence-corrected chi connectivity index (χ1v) is 6.24. The van der Waals surface area contributed by atoms with Crippen molar-refractivity contribution in [2.45, 2.75) is 5.54 Å². The summed E-state index contributed by atoms with van der Waals surface area (Å²) in [5, 5.41) is 12.0. The number of aromatic nitrogens is 2. The largest absolute Gasteiger partial charge is 0.359 e. The van der Waals surface area contributed by atoms with Gasteiger partial charge in [0.05, 0.1) is 0 Å². The Morgan fingerprint density at radius 1 is 0.850 bits per heavy atom. The van der Waals surface area contributed by atoms with Crippen LogP contribution < -0.4 is 0 Å². The van der Waals surface area contributed by atoms with E-state index in [1.807, 2.05) is 6.07 Å². The van der Waals surface area contributed by atoms with Crippen molar-refractivity contribution >= 4 is 0 Å². The molecule has 100 valence electrons. The number of hydrogen-bond acceptors (Lipinski definition) is 2. The summed E-state index contributed by atoms with van der Waals surface area (Å²) in [6.07, 6.45) is 3.39.